The van der Waals surface area contributed by atoms with Gasteiger partial charge in [0.25, 0.3) is 0 Å². The second-order valence-corrected chi connectivity index (χ2v) is 5.01. The molecule has 2 rings (SSSR count). The van der Waals surface area contributed by atoms with E-state index in [9.17, 15) is 8.42 Å². The fourth-order valence-corrected chi connectivity index (χ4v) is 2.50. The van der Waals surface area contributed by atoms with E-state index in [0.29, 0.717) is 5.56 Å². The van der Waals surface area contributed by atoms with Crippen LogP contribution in [0.2, 0.25) is 0 Å². The molecule has 0 fully saturated rings. The zero-order valence-corrected chi connectivity index (χ0v) is 10.5. The Balaban J connectivity index is 2.81. The van der Waals surface area contributed by atoms with Crippen LogP contribution in [0, 0.1) is 0 Å². The highest BCUT2D eigenvalue weighted by atomic mass is 32.2. The molecular weight excluding hydrogens is 258 g/mol. The average molecular weight is 269 g/mol. The van der Waals surface area contributed by atoms with Gasteiger partial charge >= 0.3 is 0 Å². The van der Waals surface area contributed by atoms with Crippen LogP contribution in [0.3, 0.4) is 0 Å². The molecule has 0 unspecified atom stereocenters. The Labute approximate surface area is 103 Å². The van der Waals surface area contributed by atoms with E-state index in [0.717, 1.165) is 0 Å². The van der Waals surface area contributed by atoms with E-state index in [1.807, 2.05) is 0 Å². The van der Waals surface area contributed by atoms with Crippen LogP contribution in [-0.2, 0) is 17.1 Å². The van der Waals surface area contributed by atoms with E-state index in [1.54, 1.807) is 19.2 Å². The summed E-state index contributed by atoms with van der Waals surface area (Å²) in [6, 6.07) is 4.71. The molecule has 1 aromatic heterocycles. The number of nitrogens with two attached hydrogens (primary N) is 1. The third kappa shape index (κ3) is 2.05. The molecule has 0 amide bonds. The summed E-state index contributed by atoms with van der Waals surface area (Å²) in [6.07, 6.45) is 0. The van der Waals surface area contributed by atoms with Crippen LogP contribution in [0.25, 0.3) is 11.4 Å². The molecule has 2 N–H and O–H groups in total. The minimum absolute atomic E-state index is 0.134. The van der Waals surface area contributed by atoms with Gasteiger partial charge in [-0.05, 0) is 22.6 Å². The number of sulfonamides is 1. The van der Waals surface area contributed by atoms with Crippen LogP contribution >= 0.6 is 0 Å². The summed E-state index contributed by atoms with van der Waals surface area (Å²) in [6.45, 7) is 0. The van der Waals surface area contributed by atoms with Gasteiger partial charge in [-0.2, -0.15) is 0 Å². The van der Waals surface area contributed by atoms with Crippen molar-refractivity contribution in [2.45, 2.75) is 4.90 Å². The lowest BCUT2D eigenvalue weighted by Crippen LogP contribution is -2.15. The van der Waals surface area contributed by atoms with Crippen molar-refractivity contribution in [3.63, 3.8) is 0 Å². The van der Waals surface area contributed by atoms with Crippen molar-refractivity contribution in [3.05, 3.63) is 18.2 Å². The van der Waals surface area contributed by atoms with E-state index in [2.05, 4.69) is 15.5 Å². The summed E-state index contributed by atoms with van der Waals surface area (Å²) in [4.78, 5) is -0.134. The zero-order chi connectivity index (χ0) is 13.3. The number of aryl methyl sites for hydroxylation is 1. The number of primary sulfonamides is 1. The van der Waals surface area contributed by atoms with Crippen LogP contribution < -0.4 is 9.88 Å². The van der Waals surface area contributed by atoms with Crippen molar-refractivity contribution in [2.75, 3.05) is 7.11 Å². The number of rotatable bonds is 3. The Morgan fingerprint density at radius 3 is 2.61 bits per heavy atom. The van der Waals surface area contributed by atoms with Gasteiger partial charge < -0.3 is 4.74 Å². The smallest absolute Gasteiger partial charge is 0.242 e. The Hall–Kier alpha value is -2.00. The molecule has 1 aromatic carbocycles. The first-order chi connectivity index (χ1) is 8.45. The average Bonchev–Trinajstić information content (AvgIpc) is 2.73. The van der Waals surface area contributed by atoms with Crippen LogP contribution in [0.5, 0.6) is 5.75 Å². The highest BCUT2D eigenvalue weighted by Gasteiger charge is 2.23. The third-order valence-electron chi connectivity index (χ3n) is 2.34. The number of hydrogen-bond acceptors (Lipinski definition) is 6. The largest absolute Gasteiger partial charge is 0.495 e. The first-order valence-corrected chi connectivity index (χ1v) is 6.42. The second-order valence-electron chi connectivity index (χ2n) is 3.51. The normalized spacial score (nSPS) is 11.5. The molecule has 0 radical (unpaired) electrons. The molecule has 0 bridgehead atoms. The third-order valence-corrected chi connectivity index (χ3v) is 3.33. The van der Waals surface area contributed by atoms with Gasteiger partial charge in [0.1, 0.15) is 10.6 Å². The molecule has 0 saturated carbocycles. The van der Waals surface area contributed by atoms with E-state index < -0.39 is 10.0 Å². The maximum atomic E-state index is 11.7. The van der Waals surface area contributed by atoms with Crippen molar-refractivity contribution < 1.29 is 13.2 Å². The van der Waals surface area contributed by atoms with Gasteiger partial charge in [0.05, 0.1) is 7.11 Å². The maximum absolute atomic E-state index is 11.7. The topological polar surface area (TPSA) is 113 Å². The lowest BCUT2D eigenvalue weighted by atomic mass is 10.2. The van der Waals surface area contributed by atoms with Crippen LogP contribution in [0.4, 0.5) is 0 Å². The van der Waals surface area contributed by atoms with Crippen LogP contribution in [-0.4, -0.2) is 35.7 Å². The van der Waals surface area contributed by atoms with Gasteiger partial charge in [-0.3, -0.25) is 0 Å². The Kier molecular flexibility index (Phi) is 3.01. The molecule has 0 atom stereocenters. The van der Waals surface area contributed by atoms with E-state index in [-0.39, 0.29) is 16.5 Å². The minimum atomic E-state index is -3.95. The summed E-state index contributed by atoms with van der Waals surface area (Å²) in [7, 11) is -0.990. The maximum Gasteiger partial charge on any atom is 0.242 e. The van der Waals surface area contributed by atoms with Crippen molar-refractivity contribution in [1.82, 2.24) is 20.2 Å². The molecule has 0 aliphatic heterocycles. The van der Waals surface area contributed by atoms with Gasteiger partial charge in [-0.1, -0.05) is 6.07 Å². The molecule has 0 saturated heterocycles. The number of nitrogens with zero attached hydrogens (tertiary/aromatic N) is 4. The molecule has 0 spiro atoms. The molecule has 2 aromatic rings. The Bertz CT molecular complexity index is 679. The predicted octanol–water partition coefficient (Wildman–Crippen LogP) is -0.467. The van der Waals surface area contributed by atoms with Crippen LogP contribution in [0.1, 0.15) is 0 Å². The molecule has 18 heavy (non-hydrogen) atoms. The van der Waals surface area contributed by atoms with Crippen LogP contribution in [0.15, 0.2) is 23.1 Å². The lowest BCUT2D eigenvalue weighted by molar-refractivity contribution is 0.403. The molecule has 0 aliphatic carbocycles. The SMILES string of the molecule is COc1cccc(-c2nnnn2C)c1S(N)(=O)=O. The van der Waals surface area contributed by atoms with E-state index >= 15 is 0 Å². The summed E-state index contributed by atoms with van der Waals surface area (Å²) in [5.74, 6) is 0.441. The van der Waals surface area contributed by atoms with Gasteiger partial charge in [-0.15, -0.1) is 5.10 Å². The van der Waals surface area contributed by atoms with Gasteiger partial charge in [0, 0.05) is 12.6 Å². The van der Waals surface area contributed by atoms with Crippen molar-refractivity contribution in [3.8, 4) is 17.1 Å². The number of ether oxygens (including phenoxy) is 1. The van der Waals surface area contributed by atoms with E-state index in [4.69, 9.17) is 9.88 Å². The summed E-state index contributed by atoms with van der Waals surface area (Å²) >= 11 is 0. The molecular formula is C9H11N5O3S. The Morgan fingerprint density at radius 1 is 1.39 bits per heavy atom. The molecule has 8 nitrogen and oxygen atoms in total. The number of aromatic nitrogens is 4. The monoisotopic (exact) mass is 269 g/mol. The van der Waals surface area contributed by atoms with Crippen molar-refractivity contribution in [2.24, 2.45) is 12.2 Å². The second kappa shape index (κ2) is 4.35. The number of tetrazole rings is 1. The highest BCUT2D eigenvalue weighted by molar-refractivity contribution is 7.89. The van der Waals surface area contributed by atoms with Gasteiger partial charge in [0.15, 0.2) is 5.82 Å². The van der Waals surface area contributed by atoms with Gasteiger partial charge in [-0.25, -0.2) is 18.2 Å². The Morgan fingerprint density at radius 2 is 2.11 bits per heavy atom. The summed E-state index contributed by atoms with van der Waals surface area (Å²) in [5.41, 5.74) is 0.296. The molecule has 0 aliphatic rings. The zero-order valence-electron chi connectivity index (χ0n) is 9.73. The standard InChI is InChI=1S/C9H11N5O3S/c1-14-9(11-12-13-14)6-4-3-5-7(17-2)8(6)18(10,15)16/h3-5H,1-2H3,(H2,10,15,16). The fraction of sp³-hybridized carbons (Fsp3) is 0.222. The van der Waals surface area contributed by atoms with Crippen molar-refractivity contribution >= 4 is 10.0 Å². The molecule has 9 heteroatoms. The number of hydrogen-bond donors (Lipinski definition) is 1. The predicted molar refractivity (Wildman–Crippen MR) is 62.2 cm³/mol. The fourth-order valence-electron chi connectivity index (χ4n) is 1.60. The van der Waals surface area contributed by atoms with E-state index in [1.165, 1.54) is 17.9 Å². The number of benzene rings is 1. The minimum Gasteiger partial charge on any atom is -0.495 e. The van der Waals surface area contributed by atoms with Crippen molar-refractivity contribution in [1.29, 1.82) is 0 Å². The lowest BCUT2D eigenvalue weighted by Gasteiger charge is -2.10. The number of methoxy groups -OCH3 is 1. The molecule has 1 heterocycles. The summed E-state index contributed by atoms with van der Waals surface area (Å²) < 4.78 is 29.7. The first-order valence-electron chi connectivity index (χ1n) is 4.87. The van der Waals surface area contributed by atoms with Gasteiger partial charge in [0.2, 0.25) is 10.0 Å². The first kappa shape index (κ1) is 12.5. The summed E-state index contributed by atoms with van der Waals surface area (Å²) in [5, 5.41) is 16.1. The quantitative estimate of drug-likeness (QED) is 0.806. The highest BCUT2D eigenvalue weighted by Crippen LogP contribution is 2.32. The molecule has 96 valence electrons.